The molecule has 1 atom stereocenters. The first-order chi connectivity index (χ1) is 8.88. The van der Waals surface area contributed by atoms with Crippen LogP contribution in [0.2, 0.25) is 0 Å². The molecule has 1 unspecified atom stereocenters. The number of nitrogens with two attached hydrogens (primary N) is 1. The summed E-state index contributed by atoms with van der Waals surface area (Å²) in [4.78, 5) is 2.49. The van der Waals surface area contributed by atoms with E-state index in [1.165, 1.54) is 24.1 Å². The van der Waals surface area contributed by atoms with Gasteiger partial charge in [-0.25, -0.2) is 0 Å². The molecule has 2 nitrogen and oxygen atoms in total. The summed E-state index contributed by atoms with van der Waals surface area (Å²) < 4.78 is 0. The highest BCUT2D eigenvalue weighted by atomic mass is 15.1. The maximum Gasteiger partial charge on any atom is 0.0366 e. The van der Waals surface area contributed by atoms with E-state index in [-0.39, 0.29) is 5.41 Å². The summed E-state index contributed by atoms with van der Waals surface area (Å²) in [5.74, 6) is 0.699. The van der Waals surface area contributed by atoms with Gasteiger partial charge in [0.25, 0.3) is 0 Å². The van der Waals surface area contributed by atoms with Crippen molar-refractivity contribution >= 4 is 5.69 Å². The summed E-state index contributed by atoms with van der Waals surface area (Å²) in [6.45, 7) is 11.2. The van der Waals surface area contributed by atoms with Crippen LogP contribution < -0.4 is 10.6 Å². The Morgan fingerprint density at radius 2 is 1.63 bits per heavy atom. The van der Waals surface area contributed by atoms with Crippen molar-refractivity contribution < 1.29 is 0 Å². The van der Waals surface area contributed by atoms with Crippen LogP contribution in [0.3, 0.4) is 0 Å². The van der Waals surface area contributed by atoms with Gasteiger partial charge in [-0.05, 0) is 48.8 Å². The second-order valence-corrected chi connectivity index (χ2v) is 6.98. The average Bonchev–Trinajstić information content (AvgIpc) is 2.38. The fourth-order valence-corrected chi connectivity index (χ4v) is 2.86. The molecule has 1 saturated heterocycles. The molecule has 1 aromatic carbocycles. The first kappa shape index (κ1) is 14.4. The summed E-state index contributed by atoms with van der Waals surface area (Å²) >= 11 is 0. The van der Waals surface area contributed by atoms with E-state index in [4.69, 9.17) is 5.73 Å². The van der Waals surface area contributed by atoms with Gasteiger partial charge in [-0.15, -0.1) is 0 Å². The normalized spacial score (nSPS) is 19.5. The van der Waals surface area contributed by atoms with Crippen LogP contribution in [-0.4, -0.2) is 19.1 Å². The molecule has 2 rings (SSSR count). The minimum Gasteiger partial charge on any atom is -0.372 e. The highest BCUT2D eigenvalue weighted by molar-refractivity contribution is 5.48. The maximum atomic E-state index is 6.00. The van der Waals surface area contributed by atoms with E-state index >= 15 is 0 Å². The minimum absolute atomic E-state index is 0.237. The molecule has 1 aliphatic heterocycles. The van der Waals surface area contributed by atoms with Crippen molar-refractivity contribution in [2.75, 3.05) is 18.0 Å². The molecule has 0 spiro atoms. The molecule has 0 saturated carbocycles. The second kappa shape index (κ2) is 5.54. The van der Waals surface area contributed by atoms with Gasteiger partial charge in [0.05, 0.1) is 0 Å². The highest BCUT2D eigenvalue weighted by Gasteiger charge is 2.22. The lowest BCUT2D eigenvalue weighted by molar-refractivity contribution is 0.354. The zero-order valence-electron chi connectivity index (χ0n) is 12.8. The molecule has 1 heterocycles. The van der Waals surface area contributed by atoms with Crippen molar-refractivity contribution in [3.8, 4) is 0 Å². The maximum absolute atomic E-state index is 6.00. The van der Waals surface area contributed by atoms with Gasteiger partial charge in [-0.1, -0.05) is 32.9 Å². The van der Waals surface area contributed by atoms with Gasteiger partial charge in [0, 0.05) is 24.8 Å². The summed E-state index contributed by atoms with van der Waals surface area (Å²) in [5, 5.41) is 0. The van der Waals surface area contributed by atoms with Crippen molar-refractivity contribution in [3.05, 3.63) is 29.8 Å². The molecule has 0 aliphatic carbocycles. The average molecular weight is 260 g/mol. The van der Waals surface area contributed by atoms with Crippen LogP contribution in [0.15, 0.2) is 24.3 Å². The predicted octanol–water partition coefficient (Wildman–Crippen LogP) is 3.55. The Balaban J connectivity index is 2.00. The van der Waals surface area contributed by atoms with E-state index in [0.29, 0.717) is 12.0 Å². The lowest BCUT2D eigenvalue weighted by Gasteiger charge is -2.35. The predicted molar refractivity (Wildman–Crippen MR) is 83.7 cm³/mol. The third-order valence-electron chi connectivity index (χ3n) is 4.38. The van der Waals surface area contributed by atoms with Crippen molar-refractivity contribution in [1.29, 1.82) is 0 Å². The van der Waals surface area contributed by atoms with Crippen LogP contribution >= 0.6 is 0 Å². The molecule has 0 bridgehead atoms. The number of rotatable bonds is 2. The summed E-state index contributed by atoms with van der Waals surface area (Å²) in [6, 6.07) is 9.42. The molecule has 19 heavy (non-hydrogen) atoms. The van der Waals surface area contributed by atoms with Gasteiger partial charge in [0.15, 0.2) is 0 Å². The molecule has 0 aromatic heterocycles. The third-order valence-corrected chi connectivity index (χ3v) is 4.38. The van der Waals surface area contributed by atoms with E-state index in [2.05, 4.69) is 56.9 Å². The van der Waals surface area contributed by atoms with E-state index in [9.17, 15) is 0 Å². The number of piperidine rings is 1. The SMILES string of the molecule is CC(N)C1CCN(c2ccc(C(C)(C)C)cc2)CC1. The van der Waals surface area contributed by atoms with Crippen LogP contribution in [-0.2, 0) is 5.41 Å². The smallest absolute Gasteiger partial charge is 0.0366 e. The quantitative estimate of drug-likeness (QED) is 0.881. The lowest BCUT2D eigenvalue weighted by atomic mass is 9.87. The first-order valence-electron chi connectivity index (χ1n) is 7.49. The molecule has 1 fully saturated rings. The minimum atomic E-state index is 0.237. The summed E-state index contributed by atoms with van der Waals surface area (Å²) in [7, 11) is 0. The Bertz CT molecular complexity index is 392. The van der Waals surface area contributed by atoms with E-state index < -0.39 is 0 Å². The molecule has 0 radical (unpaired) electrons. The third kappa shape index (κ3) is 3.50. The Labute approximate surface area is 118 Å². The molecule has 1 aliphatic rings. The largest absolute Gasteiger partial charge is 0.372 e. The zero-order chi connectivity index (χ0) is 14.0. The molecular formula is C17H28N2. The summed E-state index contributed by atoms with van der Waals surface area (Å²) in [5.41, 5.74) is 9.00. The molecular weight excluding hydrogens is 232 g/mol. The van der Waals surface area contributed by atoms with Crippen molar-refractivity contribution in [3.63, 3.8) is 0 Å². The Hall–Kier alpha value is -1.02. The number of benzene rings is 1. The highest BCUT2D eigenvalue weighted by Crippen LogP contribution is 2.28. The lowest BCUT2D eigenvalue weighted by Crippen LogP contribution is -2.39. The second-order valence-electron chi connectivity index (χ2n) is 6.98. The fraction of sp³-hybridized carbons (Fsp3) is 0.647. The molecule has 0 amide bonds. The van der Waals surface area contributed by atoms with E-state index in [1.54, 1.807) is 0 Å². The van der Waals surface area contributed by atoms with Crippen LogP contribution in [0.5, 0.6) is 0 Å². The topological polar surface area (TPSA) is 29.3 Å². The van der Waals surface area contributed by atoms with Crippen LogP contribution in [0.25, 0.3) is 0 Å². The number of nitrogens with zero attached hydrogens (tertiary/aromatic N) is 1. The molecule has 2 N–H and O–H groups in total. The van der Waals surface area contributed by atoms with Crippen molar-refractivity contribution in [1.82, 2.24) is 0 Å². The van der Waals surface area contributed by atoms with Gasteiger partial charge in [0.2, 0.25) is 0 Å². The summed E-state index contributed by atoms with van der Waals surface area (Å²) in [6.07, 6.45) is 2.44. The van der Waals surface area contributed by atoms with Crippen LogP contribution in [0, 0.1) is 5.92 Å². The van der Waals surface area contributed by atoms with Crippen LogP contribution in [0.1, 0.15) is 46.1 Å². The van der Waals surface area contributed by atoms with Gasteiger partial charge in [-0.2, -0.15) is 0 Å². The Kier molecular flexibility index (Phi) is 4.19. The van der Waals surface area contributed by atoms with Gasteiger partial charge < -0.3 is 10.6 Å². The first-order valence-corrected chi connectivity index (χ1v) is 7.49. The number of anilines is 1. The van der Waals surface area contributed by atoms with Crippen molar-refractivity contribution in [2.24, 2.45) is 11.7 Å². The molecule has 1 aromatic rings. The Morgan fingerprint density at radius 1 is 1.11 bits per heavy atom. The number of hydrogen-bond donors (Lipinski definition) is 1. The molecule has 2 heteroatoms. The van der Waals surface area contributed by atoms with E-state index in [0.717, 1.165) is 13.1 Å². The zero-order valence-corrected chi connectivity index (χ0v) is 12.8. The van der Waals surface area contributed by atoms with Gasteiger partial charge in [-0.3, -0.25) is 0 Å². The van der Waals surface area contributed by atoms with Crippen molar-refractivity contribution in [2.45, 2.75) is 52.0 Å². The standard InChI is InChI=1S/C17H28N2/c1-13(18)14-9-11-19(12-10-14)16-7-5-15(6-8-16)17(2,3)4/h5-8,13-14H,9-12,18H2,1-4H3. The fourth-order valence-electron chi connectivity index (χ4n) is 2.86. The van der Waals surface area contributed by atoms with E-state index in [1.807, 2.05) is 0 Å². The van der Waals surface area contributed by atoms with Crippen LogP contribution in [0.4, 0.5) is 5.69 Å². The number of hydrogen-bond acceptors (Lipinski definition) is 2. The van der Waals surface area contributed by atoms with Gasteiger partial charge in [0.1, 0.15) is 0 Å². The monoisotopic (exact) mass is 260 g/mol. The van der Waals surface area contributed by atoms with Gasteiger partial charge >= 0.3 is 0 Å². The molecule has 106 valence electrons. The Morgan fingerprint density at radius 3 is 2.05 bits per heavy atom.